The molecule has 1 aliphatic carbocycles. The number of rotatable bonds is 4. The van der Waals surface area contributed by atoms with Gasteiger partial charge in [0.05, 0.1) is 11.5 Å². The number of carbonyl (C=O) groups excluding carboxylic acids is 1. The van der Waals surface area contributed by atoms with Gasteiger partial charge in [0.15, 0.2) is 9.84 Å². The van der Waals surface area contributed by atoms with Gasteiger partial charge in [-0.1, -0.05) is 12.8 Å². The third-order valence-electron chi connectivity index (χ3n) is 4.63. The van der Waals surface area contributed by atoms with Gasteiger partial charge in [-0.15, -0.1) is 0 Å². The number of likely N-dealkylation sites (N-methyl/N-ethyl adjacent to an activating group) is 1. The Morgan fingerprint density at radius 1 is 1.30 bits per heavy atom. The van der Waals surface area contributed by atoms with Gasteiger partial charge in [-0.2, -0.15) is 0 Å². The molecule has 2 rings (SSSR count). The molecule has 1 saturated carbocycles. The van der Waals surface area contributed by atoms with Crippen molar-refractivity contribution in [3.63, 3.8) is 0 Å². The van der Waals surface area contributed by atoms with E-state index in [-0.39, 0.29) is 29.1 Å². The van der Waals surface area contributed by atoms with Gasteiger partial charge >= 0.3 is 6.03 Å². The van der Waals surface area contributed by atoms with Crippen LogP contribution >= 0.6 is 0 Å². The van der Waals surface area contributed by atoms with Crippen LogP contribution in [0.4, 0.5) is 4.79 Å². The molecular weight excluding hydrogens is 278 g/mol. The molecule has 0 unspecified atom stereocenters. The zero-order valence-corrected chi connectivity index (χ0v) is 13.1. The predicted octanol–water partition coefficient (Wildman–Crippen LogP) is 0.347. The quantitative estimate of drug-likeness (QED) is 0.785. The Hall–Kier alpha value is -0.820. The van der Waals surface area contributed by atoms with Gasteiger partial charge in [-0.05, 0) is 33.4 Å². The molecule has 6 nitrogen and oxygen atoms in total. The molecule has 0 spiro atoms. The van der Waals surface area contributed by atoms with Gasteiger partial charge in [0.1, 0.15) is 0 Å². The van der Waals surface area contributed by atoms with Gasteiger partial charge < -0.3 is 15.5 Å². The van der Waals surface area contributed by atoms with Crippen LogP contribution in [-0.4, -0.2) is 63.1 Å². The van der Waals surface area contributed by atoms with Crippen molar-refractivity contribution in [1.82, 2.24) is 15.5 Å². The summed E-state index contributed by atoms with van der Waals surface area (Å²) in [5.41, 5.74) is 0.0547. The van der Waals surface area contributed by atoms with Crippen molar-refractivity contribution in [2.24, 2.45) is 0 Å². The van der Waals surface area contributed by atoms with Crippen LogP contribution in [0.15, 0.2) is 0 Å². The van der Waals surface area contributed by atoms with E-state index in [1.165, 1.54) is 12.8 Å². The standard InChI is InChI=1S/C13H25N3O3S/c1-16(2)13(6-3-4-7-13)10-14-12(17)15-11-5-8-20(18,19)9-11/h11H,3-10H2,1-2H3,(H2,14,15,17)/t11-/m0/s1. The minimum absolute atomic E-state index is 0.0547. The fourth-order valence-electron chi connectivity index (χ4n) is 3.21. The maximum atomic E-state index is 11.9. The van der Waals surface area contributed by atoms with E-state index in [9.17, 15) is 13.2 Å². The summed E-state index contributed by atoms with van der Waals surface area (Å²) in [4.78, 5) is 14.1. The Morgan fingerprint density at radius 3 is 2.45 bits per heavy atom. The van der Waals surface area contributed by atoms with E-state index in [0.717, 1.165) is 12.8 Å². The monoisotopic (exact) mass is 303 g/mol. The van der Waals surface area contributed by atoms with Crippen LogP contribution in [0.2, 0.25) is 0 Å². The Balaban J connectivity index is 1.80. The van der Waals surface area contributed by atoms with Crippen molar-refractivity contribution in [2.75, 3.05) is 32.1 Å². The highest BCUT2D eigenvalue weighted by atomic mass is 32.2. The van der Waals surface area contributed by atoms with Crippen LogP contribution in [0.25, 0.3) is 0 Å². The summed E-state index contributed by atoms with van der Waals surface area (Å²) in [6.07, 6.45) is 5.11. The molecule has 20 heavy (non-hydrogen) atoms. The number of hydrogen-bond donors (Lipinski definition) is 2. The van der Waals surface area contributed by atoms with Crippen molar-refractivity contribution in [2.45, 2.75) is 43.7 Å². The van der Waals surface area contributed by atoms with Gasteiger partial charge in [0.2, 0.25) is 0 Å². The molecule has 0 radical (unpaired) electrons. The fraction of sp³-hybridized carbons (Fsp3) is 0.923. The number of amides is 2. The second-order valence-electron chi connectivity index (χ2n) is 6.25. The maximum Gasteiger partial charge on any atom is 0.315 e. The van der Waals surface area contributed by atoms with E-state index in [4.69, 9.17) is 0 Å². The second kappa shape index (κ2) is 5.89. The first-order valence-electron chi connectivity index (χ1n) is 7.25. The lowest BCUT2D eigenvalue weighted by atomic mass is 9.96. The Labute approximate surface area is 121 Å². The smallest absolute Gasteiger partial charge is 0.315 e. The van der Waals surface area contributed by atoms with Crippen LogP contribution in [0.1, 0.15) is 32.1 Å². The summed E-state index contributed by atoms with van der Waals surface area (Å²) in [6, 6.07) is -0.487. The van der Waals surface area contributed by atoms with Crippen molar-refractivity contribution in [3.05, 3.63) is 0 Å². The number of carbonyl (C=O) groups is 1. The molecule has 0 aromatic heterocycles. The average Bonchev–Trinajstić information content (AvgIpc) is 2.94. The van der Waals surface area contributed by atoms with Crippen LogP contribution in [0.3, 0.4) is 0 Å². The van der Waals surface area contributed by atoms with Crippen molar-refractivity contribution in [1.29, 1.82) is 0 Å². The van der Waals surface area contributed by atoms with Crippen LogP contribution < -0.4 is 10.6 Å². The van der Waals surface area contributed by atoms with Crippen molar-refractivity contribution < 1.29 is 13.2 Å². The number of hydrogen-bond acceptors (Lipinski definition) is 4. The van der Waals surface area contributed by atoms with E-state index in [1.807, 2.05) is 0 Å². The van der Waals surface area contributed by atoms with E-state index in [0.29, 0.717) is 13.0 Å². The highest BCUT2D eigenvalue weighted by Crippen LogP contribution is 2.33. The molecule has 0 aromatic carbocycles. The first-order valence-corrected chi connectivity index (χ1v) is 9.07. The highest BCUT2D eigenvalue weighted by Gasteiger charge is 2.36. The minimum Gasteiger partial charge on any atom is -0.336 e. The van der Waals surface area contributed by atoms with Crippen LogP contribution in [0, 0.1) is 0 Å². The number of urea groups is 1. The van der Waals surface area contributed by atoms with Gasteiger partial charge in [-0.25, -0.2) is 13.2 Å². The molecule has 1 atom stereocenters. The zero-order chi connectivity index (χ0) is 14.8. The molecular formula is C13H25N3O3S. The number of nitrogens with one attached hydrogen (secondary N) is 2. The van der Waals surface area contributed by atoms with Gasteiger partial charge in [-0.3, -0.25) is 0 Å². The summed E-state index contributed by atoms with van der Waals surface area (Å²) in [7, 11) is 1.15. The summed E-state index contributed by atoms with van der Waals surface area (Å²) < 4.78 is 22.7. The molecule has 2 N–H and O–H groups in total. The van der Waals surface area contributed by atoms with Crippen molar-refractivity contribution >= 4 is 15.9 Å². The first-order chi connectivity index (χ1) is 9.33. The lowest BCUT2D eigenvalue weighted by Gasteiger charge is -2.36. The molecule has 2 fully saturated rings. The molecule has 7 heteroatoms. The molecule has 2 amide bonds. The lowest BCUT2D eigenvalue weighted by molar-refractivity contribution is 0.154. The van der Waals surface area contributed by atoms with E-state index >= 15 is 0 Å². The maximum absolute atomic E-state index is 11.9. The van der Waals surface area contributed by atoms with Gasteiger partial charge in [0.25, 0.3) is 0 Å². The summed E-state index contributed by atoms with van der Waals surface area (Å²) in [5.74, 6) is 0.249. The molecule has 1 heterocycles. The largest absolute Gasteiger partial charge is 0.336 e. The van der Waals surface area contributed by atoms with Gasteiger partial charge in [0, 0.05) is 18.1 Å². The summed E-state index contributed by atoms with van der Waals surface area (Å²) in [5, 5.41) is 5.68. The van der Waals surface area contributed by atoms with E-state index < -0.39 is 9.84 Å². The highest BCUT2D eigenvalue weighted by molar-refractivity contribution is 7.91. The Morgan fingerprint density at radius 2 is 1.95 bits per heavy atom. The molecule has 2 aliphatic rings. The fourth-order valence-corrected chi connectivity index (χ4v) is 4.88. The van der Waals surface area contributed by atoms with E-state index in [2.05, 4.69) is 29.6 Å². The molecule has 1 saturated heterocycles. The molecule has 0 aromatic rings. The first kappa shape index (κ1) is 15.6. The van der Waals surface area contributed by atoms with Crippen LogP contribution in [0.5, 0.6) is 0 Å². The SMILES string of the molecule is CN(C)C1(CNC(=O)N[C@H]2CCS(=O)(=O)C2)CCCC1. The topological polar surface area (TPSA) is 78.5 Å². The third kappa shape index (κ3) is 3.63. The summed E-state index contributed by atoms with van der Waals surface area (Å²) >= 11 is 0. The number of sulfone groups is 1. The summed E-state index contributed by atoms with van der Waals surface area (Å²) in [6.45, 7) is 0.616. The minimum atomic E-state index is -2.95. The Kier molecular flexibility index (Phi) is 4.59. The van der Waals surface area contributed by atoms with Crippen molar-refractivity contribution in [3.8, 4) is 0 Å². The van der Waals surface area contributed by atoms with Crippen LogP contribution in [-0.2, 0) is 9.84 Å². The predicted molar refractivity (Wildman–Crippen MR) is 78.5 cm³/mol. The lowest BCUT2D eigenvalue weighted by Crippen LogP contribution is -2.53. The molecule has 1 aliphatic heterocycles. The normalized spacial score (nSPS) is 27.6. The number of nitrogens with zero attached hydrogens (tertiary/aromatic N) is 1. The average molecular weight is 303 g/mol. The Bertz CT molecular complexity index is 455. The van der Waals surface area contributed by atoms with E-state index in [1.54, 1.807) is 0 Å². The molecule has 116 valence electrons. The molecule has 0 bridgehead atoms. The third-order valence-corrected chi connectivity index (χ3v) is 6.40. The second-order valence-corrected chi connectivity index (χ2v) is 8.48. The zero-order valence-electron chi connectivity index (χ0n) is 12.3.